The Morgan fingerprint density at radius 3 is 2.50 bits per heavy atom. The van der Waals surface area contributed by atoms with E-state index in [-0.39, 0.29) is 11.3 Å². The molecule has 8 heteroatoms. The number of carboxylic acids is 1. The van der Waals surface area contributed by atoms with E-state index < -0.39 is 11.9 Å². The summed E-state index contributed by atoms with van der Waals surface area (Å²) in [5, 5.41) is 21.6. The van der Waals surface area contributed by atoms with E-state index in [2.05, 4.69) is 15.3 Å². The molecule has 4 rings (SSSR count). The van der Waals surface area contributed by atoms with Crippen molar-refractivity contribution >= 4 is 33.7 Å². The van der Waals surface area contributed by atoms with Crippen molar-refractivity contribution in [1.82, 2.24) is 20.0 Å². The van der Waals surface area contributed by atoms with E-state index in [1.807, 2.05) is 0 Å². The van der Waals surface area contributed by atoms with Gasteiger partial charge in [-0.1, -0.05) is 0 Å². The van der Waals surface area contributed by atoms with Gasteiger partial charge in [-0.3, -0.25) is 9.89 Å². The zero-order valence-corrected chi connectivity index (χ0v) is 12.2. The Morgan fingerprint density at radius 2 is 1.83 bits per heavy atom. The van der Waals surface area contributed by atoms with Crippen LogP contribution in [0.3, 0.4) is 0 Å². The number of aromatic amines is 1. The van der Waals surface area contributed by atoms with Crippen LogP contribution in [0.25, 0.3) is 27.5 Å². The molecule has 0 aliphatic heterocycles. The van der Waals surface area contributed by atoms with Crippen LogP contribution in [0.4, 0.5) is 0 Å². The summed E-state index contributed by atoms with van der Waals surface area (Å²) < 4.78 is 1.57. The molecular weight excluding hydrogens is 310 g/mol. The molecule has 0 saturated carbocycles. The number of nitrogens with one attached hydrogen (secondary N) is 1. The van der Waals surface area contributed by atoms with Gasteiger partial charge in [-0.25, -0.2) is 9.48 Å². The molecular formula is C16H11N5O3. The Labute approximate surface area is 134 Å². The third-order valence-corrected chi connectivity index (χ3v) is 3.85. The number of primary amides is 1. The maximum absolute atomic E-state index is 11.7. The van der Waals surface area contributed by atoms with Gasteiger partial charge >= 0.3 is 5.97 Å². The molecule has 0 atom stereocenters. The van der Waals surface area contributed by atoms with Gasteiger partial charge in [0, 0.05) is 10.8 Å². The summed E-state index contributed by atoms with van der Waals surface area (Å²) in [6.45, 7) is 0. The molecule has 0 saturated heterocycles. The maximum Gasteiger partial charge on any atom is 0.335 e. The zero-order valence-electron chi connectivity index (χ0n) is 12.2. The first-order chi connectivity index (χ1) is 11.6. The van der Waals surface area contributed by atoms with Crippen LogP contribution in [0.2, 0.25) is 0 Å². The van der Waals surface area contributed by atoms with Crippen molar-refractivity contribution < 1.29 is 14.7 Å². The minimum Gasteiger partial charge on any atom is -0.478 e. The van der Waals surface area contributed by atoms with Crippen LogP contribution < -0.4 is 5.73 Å². The monoisotopic (exact) mass is 321 g/mol. The number of hydrogen-bond donors (Lipinski definition) is 3. The molecule has 4 N–H and O–H groups in total. The lowest BCUT2D eigenvalue weighted by atomic mass is 10.1. The number of carbonyl (C=O) groups is 2. The van der Waals surface area contributed by atoms with E-state index in [0.29, 0.717) is 16.6 Å². The first-order valence-electron chi connectivity index (χ1n) is 7.04. The molecule has 2 aromatic heterocycles. The van der Waals surface area contributed by atoms with Crippen LogP contribution in [0, 0.1) is 0 Å². The number of rotatable bonds is 3. The first-order valence-corrected chi connectivity index (χ1v) is 7.04. The highest BCUT2D eigenvalue weighted by molar-refractivity contribution is 6.12. The van der Waals surface area contributed by atoms with Gasteiger partial charge in [0.05, 0.1) is 28.5 Å². The minimum atomic E-state index is -1.01. The van der Waals surface area contributed by atoms with Crippen molar-refractivity contribution in [2.24, 2.45) is 5.73 Å². The van der Waals surface area contributed by atoms with Crippen molar-refractivity contribution in [1.29, 1.82) is 0 Å². The molecule has 0 fully saturated rings. The molecule has 1 amide bonds. The number of carbonyl (C=O) groups excluding carboxylic acids is 1. The number of hydrogen-bond acceptors (Lipinski definition) is 4. The Balaban J connectivity index is 2.05. The molecule has 2 aromatic carbocycles. The van der Waals surface area contributed by atoms with E-state index in [1.54, 1.807) is 35.1 Å². The van der Waals surface area contributed by atoms with Crippen LogP contribution in [0.5, 0.6) is 0 Å². The van der Waals surface area contributed by atoms with E-state index in [1.165, 1.54) is 12.1 Å². The fourth-order valence-corrected chi connectivity index (χ4v) is 2.74. The molecule has 118 valence electrons. The maximum atomic E-state index is 11.7. The van der Waals surface area contributed by atoms with Crippen molar-refractivity contribution in [3.63, 3.8) is 0 Å². The highest BCUT2D eigenvalue weighted by Crippen LogP contribution is 2.28. The molecule has 0 aliphatic carbocycles. The third-order valence-electron chi connectivity index (χ3n) is 3.85. The van der Waals surface area contributed by atoms with Gasteiger partial charge in [0.15, 0.2) is 5.69 Å². The number of nitrogens with zero attached hydrogens (tertiary/aromatic N) is 3. The Kier molecular flexibility index (Phi) is 2.86. The van der Waals surface area contributed by atoms with Crippen LogP contribution in [0.15, 0.2) is 42.6 Å². The average molecular weight is 321 g/mol. The lowest BCUT2D eigenvalue weighted by molar-refractivity contribution is 0.0696. The normalized spacial score (nSPS) is 11.2. The highest BCUT2D eigenvalue weighted by atomic mass is 16.4. The topological polar surface area (TPSA) is 127 Å². The molecule has 8 nitrogen and oxygen atoms in total. The third kappa shape index (κ3) is 1.93. The molecule has 4 aromatic rings. The number of nitrogens with two attached hydrogens (primary N) is 1. The SMILES string of the molecule is NC(=O)c1nn(-c2ccc(C(=O)O)cc2)c2c1ccc1[nH]ncc12. The summed E-state index contributed by atoms with van der Waals surface area (Å²) in [5.74, 6) is -1.65. The van der Waals surface area contributed by atoms with Gasteiger partial charge in [0.2, 0.25) is 0 Å². The molecule has 2 heterocycles. The summed E-state index contributed by atoms with van der Waals surface area (Å²) in [6, 6.07) is 9.76. The number of benzene rings is 2. The number of aromatic carboxylic acids is 1. The standard InChI is InChI=1S/C16H11N5O3/c17-15(22)13-10-5-6-12-11(7-18-19-12)14(10)21(20-13)9-3-1-8(2-4-9)16(23)24/h1-7H,(H2,17,22)(H,18,19)(H,23,24). The van der Waals surface area contributed by atoms with E-state index in [4.69, 9.17) is 10.8 Å². The largest absolute Gasteiger partial charge is 0.478 e. The van der Waals surface area contributed by atoms with E-state index >= 15 is 0 Å². The quantitative estimate of drug-likeness (QED) is 0.529. The van der Waals surface area contributed by atoms with Crippen molar-refractivity contribution in [3.05, 3.63) is 53.9 Å². The van der Waals surface area contributed by atoms with Gasteiger partial charge in [-0.2, -0.15) is 10.2 Å². The summed E-state index contributed by atoms with van der Waals surface area (Å²) in [4.78, 5) is 22.7. The average Bonchev–Trinajstić information content (AvgIpc) is 3.18. The molecule has 0 radical (unpaired) electrons. The number of amides is 1. The number of aromatic nitrogens is 4. The van der Waals surface area contributed by atoms with Crippen molar-refractivity contribution in [3.8, 4) is 5.69 Å². The zero-order chi connectivity index (χ0) is 16.8. The molecule has 0 bridgehead atoms. The fraction of sp³-hybridized carbons (Fsp3) is 0. The summed E-state index contributed by atoms with van der Waals surface area (Å²) in [6.07, 6.45) is 1.65. The predicted molar refractivity (Wildman–Crippen MR) is 86.2 cm³/mol. The minimum absolute atomic E-state index is 0.149. The highest BCUT2D eigenvalue weighted by Gasteiger charge is 2.19. The summed E-state index contributed by atoms with van der Waals surface area (Å²) in [7, 11) is 0. The van der Waals surface area contributed by atoms with Gasteiger partial charge in [-0.05, 0) is 36.4 Å². The molecule has 0 unspecified atom stereocenters. The number of fused-ring (bicyclic) bond motifs is 3. The van der Waals surface area contributed by atoms with Gasteiger partial charge in [0.1, 0.15) is 0 Å². The smallest absolute Gasteiger partial charge is 0.335 e. The molecule has 0 spiro atoms. The first kappa shape index (κ1) is 13.9. The fourth-order valence-electron chi connectivity index (χ4n) is 2.74. The van der Waals surface area contributed by atoms with E-state index in [9.17, 15) is 9.59 Å². The second-order valence-electron chi connectivity index (χ2n) is 5.27. The van der Waals surface area contributed by atoms with Gasteiger partial charge in [0.25, 0.3) is 5.91 Å². The summed E-state index contributed by atoms with van der Waals surface area (Å²) in [5.41, 5.74) is 7.84. The van der Waals surface area contributed by atoms with Crippen LogP contribution in [-0.2, 0) is 0 Å². The van der Waals surface area contributed by atoms with Crippen LogP contribution >= 0.6 is 0 Å². The Bertz CT molecular complexity index is 1110. The second-order valence-corrected chi connectivity index (χ2v) is 5.27. The van der Waals surface area contributed by atoms with Gasteiger partial charge in [-0.15, -0.1) is 0 Å². The number of carboxylic acid groups (broad SMARTS) is 1. The number of H-pyrrole nitrogens is 1. The Hall–Kier alpha value is -3.68. The second kappa shape index (κ2) is 4.92. The predicted octanol–water partition coefficient (Wildman–Crippen LogP) is 1.70. The molecule has 0 aliphatic rings. The van der Waals surface area contributed by atoms with Crippen LogP contribution in [-0.4, -0.2) is 37.0 Å². The van der Waals surface area contributed by atoms with Crippen molar-refractivity contribution in [2.75, 3.05) is 0 Å². The van der Waals surface area contributed by atoms with Crippen molar-refractivity contribution in [2.45, 2.75) is 0 Å². The Morgan fingerprint density at radius 1 is 1.08 bits per heavy atom. The lowest BCUT2D eigenvalue weighted by Crippen LogP contribution is -2.12. The molecule has 24 heavy (non-hydrogen) atoms. The van der Waals surface area contributed by atoms with Crippen LogP contribution in [0.1, 0.15) is 20.8 Å². The van der Waals surface area contributed by atoms with Gasteiger partial charge < -0.3 is 10.8 Å². The van der Waals surface area contributed by atoms with E-state index in [0.717, 1.165) is 10.9 Å². The summed E-state index contributed by atoms with van der Waals surface area (Å²) >= 11 is 0. The lowest BCUT2D eigenvalue weighted by Gasteiger charge is -2.04.